The Balaban J connectivity index is 1.33. The number of halogens is 1. The number of nitrogens with one attached hydrogen (secondary N) is 4. The van der Waals surface area contributed by atoms with Crippen molar-refractivity contribution in [1.82, 2.24) is 30.5 Å². The number of hydrogen-bond acceptors (Lipinski definition) is 7. The van der Waals surface area contributed by atoms with Crippen molar-refractivity contribution >= 4 is 40.0 Å². The van der Waals surface area contributed by atoms with Crippen LogP contribution in [0.1, 0.15) is 43.5 Å². The topological polar surface area (TPSA) is 107 Å². The van der Waals surface area contributed by atoms with E-state index < -0.39 is 0 Å². The molecule has 0 radical (unpaired) electrons. The van der Waals surface area contributed by atoms with Crippen LogP contribution in [0.25, 0.3) is 10.9 Å². The number of aromatic amines is 2. The number of H-pyrrole nitrogens is 2. The van der Waals surface area contributed by atoms with E-state index >= 15 is 0 Å². The second-order valence-corrected chi connectivity index (χ2v) is 9.78. The van der Waals surface area contributed by atoms with Crippen LogP contribution >= 0.6 is 11.6 Å². The van der Waals surface area contributed by atoms with E-state index in [1.807, 2.05) is 31.2 Å². The number of aromatic nitrogens is 5. The van der Waals surface area contributed by atoms with E-state index in [9.17, 15) is 0 Å². The van der Waals surface area contributed by atoms with E-state index in [4.69, 9.17) is 21.3 Å². The monoisotopic (exact) mass is 492 g/mol. The summed E-state index contributed by atoms with van der Waals surface area (Å²) in [7, 11) is 0. The molecule has 1 unspecified atom stereocenters. The molecule has 1 aromatic carbocycles. The second kappa shape index (κ2) is 9.05. The minimum Gasteiger partial charge on any atom is -0.423 e. The summed E-state index contributed by atoms with van der Waals surface area (Å²) < 4.78 is 6.16. The Morgan fingerprint density at radius 1 is 1.17 bits per heavy atom. The Morgan fingerprint density at radius 3 is 2.89 bits per heavy atom. The fourth-order valence-corrected chi connectivity index (χ4v) is 4.85. The number of ether oxygens (including phenoxy) is 1. The van der Waals surface area contributed by atoms with Crippen molar-refractivity contribution in [2.75, 3.05) is 29.9 Å². The predicted octanol–water partition coefficient (Wildman–Crippen LogP) is 5.24. The first-order valence-corrected chi connectivity index (χ1v) is 12.6. The highest BCUT2D eigenvalue weighted by atomic mass is 35.5. The Labute approximate surface area is 208 Å². The minimum absolute atomic E-state index is 0.239. The molecule has 2 fully saturated rings. The molecule has 0 bridgehead atoms. The highest BCUT2D eigenvalue weighted by Gasteiger charge is 2.26. The summed E-state index contributed by atoms with van der Waals surface area (Å²) in [4.78, 5) is 15.0. The van der Waals surface area contributed by atoms with E-state index in [1.54, 1.807) is 0 Å². The Bertz CT molecular complexity index is 1360. The number of aryl methyl sites for hydroxylation is 1. The van der Waals surface area contributed by atoms with Crippen LogP contribution in [-0.2, 0) is 0 Å². The molecule has 1 aliphatic heterocycles. The molecule has 4 aromatic rings. The van der Waals surface area contributed by atoms with Gasteiger partial charge in [0.05, 0.1) is 5.02 Å². The van der Waals surface area contributed by atoms with Gasteiger partial charge in [0.25, 0.3) is 0 Å². The maximum absolute atomic E-state index is 6.69. The van der Waals surface area contributed by atoms with E-state index in [1.165, 1.54) is 12.8 Å². The van der Waals surface area contributed by atoms with E-state index in [2.05, 4.69) is 48.7 Å². The predicted molar refractivity (Wildman–Crippen MR) is 138 cm³/mol. The summed E-state index contributed by atoms with van der Waals surface area (Å²) in [6.07, 6.45) is 3.48. The lowest BCUT2D eigenvalue weighted by molar-refractivity contribution is 0.431. The van der Waals surface area contributed by atoms with Crippen LogP contribution < -0.4 is 20.3 Å². The van der Waals surface area contributed by atoms with Gasteiger partial charge in [0.1, 0.15) is 17.4 Å². The molecule has 4 N–H and O–H groups in total. The largest absolute Gasteiger partial charge is 0.423 e. The van der Waals surface area contributed by atoms with Gasteiger partial charge in [0.2, 0.25) is 0 Å². The molecule has 9 nitrogen and oxygen atoms in total. The summed E-state index contributed by atoms with van der Waals surface area (Å²) in [6, 6.07) is 10.5. The first-order chi connectivity index (χ1) is 17.1. The van der Waals surface area contributed by atoms with Crippen molar-refractivity contribution in [3.05, 3.63) is 46.7 Å². The lowest BCUT2D eigenvalue weighted by atomic mass is 10.1. The molecule has 10 heteroatoms. The van der Waals surface area contributed by atoms with Crippen molar-refractivity contribution in [1.29, 1.82) is 0 Å². The van der Waals surface area contributed by atoms with Gasteiger partial charge < -0.3 is 25.3 Å². The quantitative estimate of drug-likeness (QED) is 0.279. The number of rotatable bonds is 7. The van der Waals surface area contributed by atoms with Gasteiger partial charge in [0.15, 0.2) is 5.82 Å². The highest BCUT2D eigenvalue weighted by Crippen LogP contribution is 2.40. The van der Waals surface area contributed by atoms with E-state index in [0.717, 1.165) is 60.0 Å². The van der Waals surface area contributed by atoms with Gasteiger partial charge in [-0.15, -0.1) is 0 Å². The molecule has 1 atom stereocenters. The first-order valence-electron chi connectivity index (χ1n) is 12.2. The van der Waals surface area contributed by atoms with Gasteiger partial charge in [-0.1, -0.05) is 18.5 Å². The SMILES string of the molecule is CCC1CN(c2cc(Nc3cc(C4CC4)[nH]n3)nc(Oc3ccc4[nH]c(C)cc4c3Cl)n2)CCN1. The molecule has 0 amide bonds. The first kappa shape index (κ1) is 22.2. The molecule has 0 spiro atoms. The average Bonchev–Trinajstić information content (AvgIpc) is 3.49. The van der Waals surface area contributed by atoms with Crippen LogP contribution in [0.3, 0.4) is 0 Å². The molecule has 1 aliphatic carbocycles. The van der Waals surface area contributed by atoms with E-state index in [0.29, 0.717) is 28.5 Å². The smallest absolute Gasteiger partial charge is 0.325 e. The van der Waals surface area contributed by atoms with Crippen LogP contribution in [0.2, 0.25) is 5.02 Å². The van der Waals surface area contributed by atoms with Crippen LogP contribution in [0.15, 0.2) is 30.3 Å². The zero-order valence-corrected chi connectivity index (χ0v) is 20.6. The molecule has 182 valence electrons. The third kappa shape index (κ3) is 4.66. The molecule has 2 aliphatic rings. The highest BCUT2D eigenvalue weighted by molar-refractivity contribution is 6.37. The van der Waals surface area contributed by atoms with Gasteiger partial charge in [0, 0.05) is 66.0 Å². The lowest BCUT2D eigenvalue weighted by Crippen LogP contribution is -2.50. The lowest BCUT2D eigenvalue weighted by Gasteiger charge is -2.34. The summed E-state index contributed by atoms with van der Waals surface area (Å²) in [5.41, 5.74) is 3.17. The second-order valence-electron chi connectivity index (χ2n) is 9.40. The average molecular weight is 493 g/mol. The van der Waals surface area contributed by atoms with Gasteiger partial charge in [-0.05, 0) is 44.4 Å². The summed E-state index contributed by atoms with van der Waals surface area (Å²) in [5, 5.41) is 15.9. The zero-order chi connectivity index (χ0) is 23.9. The minimum atomic E-state index is 0.239. The molecule has 6 rings (SSSR count). The number of benzene rings is 1. The van der Waals surface area contributed by atoms with Crippen molar-refractivity contribution in [2.24, 2.45) is 0 Å². The van der Waals surface area contributed by atoms with Crippen molar-refractivity contribution < 1.29 is 4.74 Å². The number of anilines is 3. The summed E-state index contributed by atoms with van der Waals surface area (Å²) in [6.45, 7) is 6.83. The molecular formula is C25H29ClN8O. The van der Waals surface area contributed by atoms with Gasteiger partial charge in [-0.2, -0.15) is 15.1 Å². The Hall–Kier alpha value is -3.30. The standard InChI is InChI=1S/C25H29ClN8O/c1-3-16-13-34(9-8-27-16)23-12-21(29-22-11-19(32-33-22)15-4-5-15)30-25(31-23)35-20-7-6-18-17(24(20)26)10-14(2)28-18/h6-7,10-12,15-16,27-28H,3-5,8-9,13H2,1-2H3,(H2,29,30,31,32,33). The van der Waals surface area contributed by atoms with Crippen LogP contribution in [0, 0.1) is 6.92 Å². The Morgan fingerprint density at radius 2 is 2.06 bits per heavy atom. The van der Waals surface area contributed by atoms with Crippen molar-refractivity contribution in [2.45, 2.75) is 45.1 Å². The molecule has 1 saturated heterocycles. The maximum atomic E-state index is 6.69. The summed E-state index contributed by atoms with van der Waals surface area (Å²) in [5.74, 6) is 3.28. The number of fused-ring (bicyclic) bond motifs is 1. The number of hydrogen-bond donors (Lipinski definition) is 4. The van der Waals surface area contributed by atoms with Crippen LogP contribution in [0.5, 0.6) is 11.8 Å². The normalized spacial score (nSPS) is 18.3. The molecular weight excluding hydrogens is 464 g/mol. The molecule has 35 heavy (non-hydrogen) atoms. The molecule has 4 heterocycles. The van der Waals surface area contributed by atoms with Crippen molar-refractivity contribution in [3.63, 3.8) is 0 Å². The van der Waals surface area contributed by atoms with Crippen LogP contribution in [0.4, 0.5) is 17.5 Å². The zero-order valence-electron chi connectivity index (χ0n) is 19.9. The molecule has 3 aromatic heterocycles. The van der Waals surface area contributed by atoms with E-state index in [-0.39, 0.29) is 6.01 Å². The maximum Gasteiger partial charge on any atom is 0.325 e. The molecule has 1 saturated carbocycles. The number of nitrogens with zero attached hydrogens (tertiary/aromatic N) is 4. The van der Waals surface area contributed by atoms with Gasteiger partial charge in [-0.3, -0.25) is 5.10 Å². The van der Waals surface area contributed by atoms with Crippen LogP contribution in [-0.4, -0.2) is 50.8 Å². The van der Waals surface area contributed by atoms with Crippen molar-refractivity contribution in [3.8, 4) is 11.8 Å². The number of piperazine rings is 1. The fourth-order valence-electron chi connectivity index (χ4n) is 4.59. The third-order valence-electron chi connectivity index (χ3n) is 6.67. The summed E-state index contributed by atoms with van der Waals surface area (Å²) >= 11 is 6.69. The van der Waals surface area contributed by atoms with Gasteiger partial charge >= 0.3 is 6.01 Å². The van der Waals surface area contributed by atoms with Gasteiger partial charge in [-0.25, -0.2) is 0 Å². The Kier molecular flexibility index (Phi) is 5.74. The third-order valence-corrected chi connectivity index (χ3v) is 7.06. The fraction of sp³-hybridized carbons (Fsp3) is 0.400.